The Labute approximate surface area is 145 Å². The number of aryl methyl sites for hydroxylation is 1. The van der Waals surface area contributed by atoms with Crippen LogP contribution in [-0.2, 0) is 24.4 Å². The molecule has 1 aromatic heterocycles. The molecule has 0 saturated carbocycles. The van der Waals surface area contributed by atoms with E-state index < -0.39 is 0 Å². The highest BCUT2D eigenvalue weighted by Gasteiger charge is 2.15. The van der Waals surface area contributed by atoms with Gasteiger partial charge in [-0.2, -0.15) is 0 Å². The Bertz CT molecular complexity index is 889. The van der Waals surface area contributed by atoms with Crippen LogP contribution in [0.25, 0.3) is 0 Å². The van der Waals surface area contributed by atoms with E-state index in [-0.39, 0.29) is 5.91 Å². The molecule has 126 valence electrons. The highest BCUT2D eigenvalue weighted by atomic mass is 16.5. The highest BCUT2D eigenvalue weighted by Crippen LogP contribution is 2.27. The fourth-order valence-electron chi connectivity index (χ4n) is 2.85. The van der Waals surface area contributed by atoms with E-state index in [1.165, 1.54) is 5.56 Å². The average Bonchev–Trinajstić information content (AvgIpc) is 3.08. The SMILES string of the molecule is O=C1CCc2ccc(OCc3cn(Cc4ccccc4)nn3)cc2N1. The minimum atomic E-state index is 0.0495. The van der Waals surface area contributed by atoms with Crippen LogP contribution < -0.4 is 10.1 Å². The van der Waals surface area contributed by atoms with Gasteiger partial charge in [0.1, 0.15) is 18.1 Å². The lowest BCUT2D eigenvalue weighted by molar-refractivity contribution is -0.116. The van der Waals surface area contributed by atoms with E-state index in [1.807, 2.05) is 42.6 Å². The Morgan fingerprint density at radius 2 is 2.00 bits per heavy atom. The number of benzene rings is 2. The molecule has 2 heterocycles. The number of nitrogens with zero attached hydrogens (tertiary/aromatic N) is 3. The Morgan fingerprint density at radius 3 is 2.88 bits per heavy atom. The number of carbonyl (C=O) groups excluding carboxylic acids is 1. The molecule has 2 aromatic carbocycles. The second-order valence-corrected chi connectivity index (χ2v) is 6.05. The van der Waals surface area contributed by atoms with Crippen LogP contribution in [0.1, 0.15) is 23.2 Å². The van der Waals surface area contributed by atoms with E-state index in [1.54, 1.807) is 4.68 Å². The number of hydrogen-bond donors (Lipinski definition) is 1. The molecule has 0 radical (unpaired) electrons. The number of aromatic nitrogens is 3. The van der Waals surface area contributed by atoms with Crippen molar-refractivity contribution in [2.75, 3.05) is 5.32 Å². The van der Waals surface area contributed by atoms with Gasteiger partial charge in [0, 0.05) is 18.2 Å². The molecular formula is C19H18N4O2. The number of hydrogen-bond acceptors (Lipinski definition) is 4. The lowest BCUT2D eigenvalue weighted by Crippen LogP contribution is -2.18. The number of ether oxygens (including phenoxy) is 1. The maximum Gasteiger partial charge on any atom is 0.224 e. The first kappa shape index (κ1) is 15.4. The molecule has 1 aliphatic heterocycles. The van der Waals surface area contributed by atoms with Crippen LogP contribution in [0.15, 0.2) is 54.7 Å². The molecule has 6 nitrogen and oxygen atoms in total. The van der Waals surface area contributed by atoms with Crippen molar-refractivity contribution in [3.8, 4) is 5.75 Å². The van der Waals surface area contributed by atoms with Crippen LogP contribution in [0.2, 0.25) is 0 Å². The van der Waals surface area contributed by atoms with Crippen molar-refractivity contribution in [1.82, 2.24) is 15.0 Å². The molecule has 0 bridgehead atoms. The number of amides is 1. The normalized spacial score (nSPS) is 13.2. The van der Waals surface area contributed by atoms with E-state index in [2.05, 4.69) is 27.8 Å². The maximum atomic E-state index is 11.5. The van der Waals surface area contributed by atoms with Crippen molar-refractivity contribution in [1.29, 1.82) is 0 Å². The first-order valence-corrected chi connectivity index (χ1v) is 8.25. The molecule has 3 aromatic rings. The second-order valence-electron chi connectivity index (χ2n) is 6.05. The maximum absolute atomic E-state index is 11.5. The molecule has 0 saturated heterocycles. The van der Waals surface area contributed by atoms with E-state index in [0.29, 0.717) is 25.3 Å². The van der Waals surface area contributed by atoms with Gasteiger partial charge in [0.15, 0.2) is 0 Å². The molecule has 0 spiro atoms. The number of rotatable bonds is 5. The van der Waals surface area contributed by atoms with Crippen molar-refractivity contribution in [3.63, 3.8) is 0 Å². The molecule has 0 unspecified atom stereocenters. The summed E-state index contributed by atoms with van der Waals surface area (Å²) < 4.78 is 7.58. The molecule has 0 aliphatic carbocycles. The largest absolute Gasteiger partial charge is 0.487 e. The van der Waals surface area contributed by atoms with Crippen LogP contribution in [-0.4, -0.2) is 20.9 Å². The first-order valence-electron chi connectivity index (χ1n) is 8.25. The predicted octanol–water partition coefficient (Wildman–Crippen LogP) is 2.79. The van der Waals surface area contributed by atoms with Crippen LogP contribution in [0.4, 0.5) is 5.69 Å². The first-order chi connectivity index (χ1) is 12.3. The van der Waals surface area contributed by atoms with Crippen LogP contribution >= 0.6 is 0 Å². The summed E-state index contributed by atoms with van der Waals surface area (Å²) >= 11 is 0. The predicted molar refractivity (Wildman–Crippen MR) is 93.3 cm³/mol. The third kappa shape index (κ3) is 3.68. The van der Waals surface area contributed by atoms with Crippen molar-refractivity contribution in [3.05, 3.63) is 71.5 Å². The molecule has 0 atom stereocenters. The fourth-order valence-corrected chi connectivity index (χ4v) is 2.85. The van der Waals surface area contributed by atoms with Crippen LogP contribution in [0, 0.1) is 0 Å². The van der Waals surface area contributed by atoms with Gasteiger partial charge in [-0.3, -0.25) is 4.79 Å². The van der Waals surface area contributed by atoms with E-state index >= 15 is 0 Å². The molecule has 1 amide bonds. The fraction of sp³-hybridized carbons (Fsp3) is 0.211. The van der Waals surface area contributed by atoms with Crippen LogP contribution in [0.5, 0.6) is 5.75 Å². The summed E-state index contributed by atoms with van der Waals surface area (Å²) in [6.45, 7) is 1.01. The van der Waals surface area contributed by atoms with Gasteiger partial charge in [-0.15, -0.1) is 5.10 Å². The van der Waals surface area contributed by atoms with Crippen molar-refractivity contribution in [2.24, 2.45) is 0 Å². The molecule has 4 rings (SSSR count). The zero-order valence-electron chi connectivity index (χ0n) is 13.7. The quantitative estimate of drug-likeness (QED) is 0.779. The molecular weight excluding hydrogens is 316 g/mol. The Balaban J connectivity index is 1.39. The van der Waals surface area contributed by atoms with Crippen molar-refractivity contribution in [2.45, 2.75) is 26.0 Å². The summed E-state index contributed by atoms with van der Waals surface area (Å²) in [5, 5.41) is 11.2. The summed E-state index contributed by atoms with van der Waals surface area (Å²) in [7, 11) is 0. The molecule has 1 N–H and O–H groups in total. The van der Waals surface area contributed by atoms with Gasteiger partial charge < -0.3 is 10.1 Å². The molecule has 25 heavy (non-hydrogen) atoms. The number of anilines is 1. The number of nitrogens with one attached hydrogen (secondary N) is 1. The lowest BCUT2D eigenvalue weighted by Gasteiger charge is -2.17. The van der Waals surface area contributed by atoms with Gasteiger partial charge in [-0.25, -0.2) is 4.68 Å². The summed E-state index contributed by atoms with van der Waals surface area (Å²) in [6, 6.07) is 15.9. The molecule has 0 fully saturated rings. The second kappa shape index (κ2) is 6.76. The summed E-state index contributed by atoms with van der Waals surface area (Å²) in [6.07, 6.45) is 3.19. The van der Waals surface area contributed by atoms with Crippen LogP contribution in [0.3, 0.4) is 0 Å². The summed E-state index contributed by atoms with van der Waals surface area (Å²) in [5.74, 6) is 0.757. The molecule has 6 heteroatoms. The van der Waals surface area contributed by atoms with Crippen molar-refractivity contribution >= 4 is 11.6 Å². The van der Waals surface area contributed by atoms with Crippen molar-refractivity contribution < 1.29 is 9.53 Å². The highest BCUT2D eigenvalue weighted by molar-refractivity contribution is 5.94. The van der Waals surface area contributed by atoms with Gasteiger partial charge >= 0.3 is 0 Å². The number of fused-ring (bicyclic) bond motifs is 1. The third-order valence-electron chi connectivity index (χ3n) is 4.14. The third-order valence-corrected chi connectivity index (χ3v) is 4.14. The zero-order valence-corrected chi connectivity index (χ0v) is 13.7. The lowest BCUT2D eigenvalue weighted by atomic mass is 10.0. The Morgan fingerprint density at radius 1 is 1.12 bits per heavy atom. The van der Waals surface area contributed by atoms with Gasteiger partial charge in [0.05, 0.1) is 12.7 Å². The van der Waals surface area contributed by atoms with E-state index in [9.17, 15) is 4.79 Å². The summed E-state index contributed by atoms with van der Waals surface area (Å²) in [5.41, 5.74) is 3.91. The average molecular weight is 334 g/mol. The Hall–Kier alpha value is -3.15. The van der Waals surface area contributed by atoms with E-state index in [0.717, 1.165) is 23.4 Å². The number of carbonyl (C=O) groups is 1. The smallest absolute Gasteiger partial charge is 0.224 e. The van der Waals surface area contributed by atoms with Gasteiger partial charge in [-0.05, 0) is 23.6 Å². The topological polar surface area (TPSA) is 69.0 Å². The summed E-state index contributed by atoms with van der Waals surface area (Å²) in [4.78, 5) is 11.5. The minimum Gasteiger partial charge on any atom is -0.487 e. The standard InChI is InChI=1S/C19H18N4O2/c24-19-9-7-15-6-8-17(10-18(15)20-19)25-13-16-12-23(22-21-16)11-14-4-2-1-3-5-14/h1-6,8,10,12H,7,9,11,13H2,(H,20,24). The monoisotopic (exact) mass is 334 g/mol. The van der Waals surface area contributed by atoms with Gasteiger partial charge in [0.25, 0.3) is 0 Å². The van der Waals surface area contributed by atoms with Gasteiger partial charge in [-0.1, -0.05) is 41.6 Å². The van der Waals surface area contributed by atoms with Gasteiger partial charge in [0.2, 0.25) is 5.91 Å². The molecule has 1 aliphatic rings. The van der Waals surface area contributed by atoms with E-state index in [4.69, 9.17) is 4.74 Å². The zero-order chi connectivity index (χ0) is 17.1. The minimum absolute atomic E-state index is 0.0495. The Kier molecular flexibility index (Phi) is 4.16.